The summed E-state index contributed by atoms with van der Waals surface area (Å²) in [6, 6.07) is 6.31. The fraction of sp³-hybridized carbons (Fsp3) is 0.188. The quantitative estimate of drug-likeness (QED) is 0.884. The SMILES string of the molecule is COc1ccc(NC(C)=O)cc1NC(=O)c1ccc(C(F)(F)F)cn1. The Bertz CT molecular complexity index is 789. The maximum atomic E-state index is 12.5. The van der Waals surface area contributed by atoms with E-state index in [9.17, 15) is 22.8 Å². The van der Waals surface area contributed by atoms with Crippen LogP contribution >= 0.6 is 0 Å². The summed E-state index contributed by atoms with van der Waals surface area (Å²) in [6.07, 6.45) is -3.95. The van der Waals surface area contributed by atoms with Gasteiger partial charge in [0.05, 0.1) is 18.4 Å². The van der Waals surface area contributed by atoms with E-state index in [1.807, 2.05) is 0 Å². The number of carbonyl (C=O) groups excluding carboxylic acids is 2. The van der Waals surface area contributed by atoms with Crippen LogP contribution in [0.2, 0.25) is 0 Å². The third-order valence-corrected chi connectivity index (χ3v) is 3.09. The molecular formula is C16H14F3N3O3. The Labute approximate surface area is 141 Å². The zero-order valence-corrected chi connectivity index (χ0v) is 13.3. The smallest absolute Gasteiger partial charge is 0.417 e. The summed E-state index contributed by atoms with van der Waals surface area (Å²) < 4.78 is 42.7. The lowest BCUT2D eigenvalue weighted by Gasteiger charge is -2.12. The van der Waals surface area contributed by atoms with Crippen LogP contribution in [0.4, 0.5) is 24.5 Å². The number of ether oxygens (including phenoxy) is 1. The van der Waals surface area contributed by atoms with Crippen LogP contribution in [-0.2, 0) is 11.0 Å². The first-order valence-electron chi connectivity index (χ1n) is 7.01. The molecular weight excluding hydrogens is 339 g/mol. The minimum atomic E-state index is -4.53. The Hall–Kier alpha value is -3.10. The van der Waals surface area contributed by atoms with Crippen LogP contribution in [0.3, 0.4) is 0 Å². The monoisotopic (exact) mass is 353 g/mol. The van der Waals surface area contributed by atoms with Crippen LogP contribution in [0.5, 0.6) is 5.75 Å². The molecule has 0 bridgehead atoms. The Kier molecular flexibility index (Phi) is 5.26. The van der Waals surface area contributed by atoms with Crippen molar-refractivity contribution in [3.05, 3.63) is 47.8 Å². The van der Waals surface area contributed by atoms with E-state index in [2.05, 4.69) is 15.6 Å². The van der Waals surface area contributed by atoms with Crippen molar-refractivity contribution in [1.82, 2.24) is 4.98 Å². The van der Waals surface area contributed by atoms with Crippen LogP contribution in [-0.4, -0.2) is 23.9 Å². The van der Waals surface area contributed by atoms with Gasteiger partial charge in [-0.15, -0.1) is 0 Å². The van der Waals surface area contributed by atoms with Crippen LogP contribution < -0.4 is 15.4 Å². The molecule has 6 nitrogen and oxygen atoms in total. The topological polar surface area (TPSA) is 80.3 Å². The van der Waals surface area contributed by atoms with E-state index in [-0.39, 0.29) is 17.3 Å². The molecule has 0 spiro atoms. The highest BCUT2D eigenvalue weighted by atomic mass is 19.4. The van der Waals surface area contributed by atoms with E-state index >= 15 is 0 Å². The molecule has 0 unspecified atom stereocenters. The van der Waals surface area contributed by atoms with E-state index < -0.39 is 17.6 Å². The molecule has 0 aliphatic carbocycles. The van der Waals surface area contributed by atoms with Crippen molar-refractivity contribution in [2.45, 2.75) is 13.1 Å². The van der Waals surface area contributed by atoms with E-state index in [0.29, 0.717) is 17.6 Å². The number of benzene rings is 1. The number of methoxy groups -OCH3 is 1. The predicted molar refractivity (Wildman–Crippen MR) is 84.5 cm³/mol. The molecule has 2 aromatic rings. The second kappa shape index (κ2) is 7.20. The van der Waals surface area contributed by atoms with Crippen molar-refractivity contribution in [3.63, 3.8) is 0 Å². The zero-order valence-electron chi connectivity index (χ0n) is 13.3. The molecule has 132 valence electrons. The van der Waals surface area contributed by atoms with Crippen molar-refractivity contribution in [3.8, 4) is 5.75 Å². The Morgan fingerprint density at radius 1 is 1.12 bits per heavy atom. The standard InChI is InChI=1S/C16H14F3N3O3/c1-9(23)21-11-4-6-14(25-2)13(7-11)22-15(24)12-5-3-10(8-20-12)16(17,18)19/h3-8H,1-2H3,(H,21,23)(H,22,24). The first-order chi connectivity index (χ1) is 11.7. The molecule has 2 N–H and O–H groups in total. The lowest BCUT2D eigenvalue weighted by Crippen LogP contribution is -2.16. The highest BCUT2D eigenvalue weighted by Crippen LogP contribution is 2.30. The number of aromatic nitrogens is 1. The number of hydrogen-bond acceptors (Lipinski definition) is 4. The number of alkyl halides is 3. The lowest BCUT2D eigenvalue weighted by molar-refractivity contribution is -0.137. The van der Waals surface area contributed by atoms with E-state index in [1.54, 1.807) is 6.07 Å². The molecule has 2 rings (SSSR count). The lowest BCUT2D eigenvalue weighted by atomic mass is 10.2. The molecule has 0 aliphatic heterocycles. The summed E-state index contributed by atoms with van der Waals surface area (Å²) >= 11 is 0. The van der Waals surface area contributed by atoms with Gasteiger partial charge < -0.3 is 15.4 Å². The first-order valence-corrected chi connectivity index (χ1v) is 7.01. The summed E-state index contributed by atoms with van der Waals surface area (Å²) in [5.74, 6) is -0.701. The second-order valence-electron chi connectivity index (χ2n) is 4.98. The Balaban J connectivity index is 2.23. The van der Waals surface area contributed by atoms with Crippen LogP contribution in [0, 0.1) is 0 Å². The number of nitrogens with zero attached hydrogens (tertiary/aromatic N) is 1. The number of carbonyl (C=O) groups is 2. The number of anilines is 2. The predicted octanol–water partition coefficient (Wildman–Crippen LogP) is 3.32. The summed E-state index contributed by atoms with van der Waals surface area (Å²) in [5.41, 5.74) is -0.487. The molecule has 1 heterocycles. The van der Waals surface area contributed by atoms with Gasteiger partial charge in [-0.25, -0.2) is 0 Å². The summed E-state index contributed by atoms with van der Waals surface area (Å²) in [4.78, 5) is 26.8. The minimum Gasteiger partial charge on any atom is -0.495 e. The van der Waals surface area contributed by atoms with E-state index in [0.717, 1.165) is 12.1 Å². The van der Waals surface area contributed by atoms with Crippen LogP contribution in [0.15, 0.2) is 36.5 Å². The van der Waals surface area contributed by atoms with Gasteiger partial charge >= 0.3 is 6.18 Å². The average molecular weight is 353 g/mol. The van der Waals surface area contributed by atoms with Gasteiger partial charge in [-0.2, -0.15) is 13.2 Å². The molecule has 25 heavy (non-hydrogen) atoms. The maximum Gasteiger partial charge on any atom is 0.417 e. The molecule has 0 radical (unpaired) electrons. The van der Waals surface area contributed by atoms with Gasteiger partial charge in [0.25, 0.3) is 5.91 Å². The maximum absolute atomic E-state index is 12.5. The highest BCUT2D eigenvalue weighted by Gasteiger charge is 2.31. The summed E-state index contributed by atoms with van der Waals surface area (Å²) in [6.45, 7) is 1.33. The fourth-order valence-electron chi connectivity index (χ4n) is 1.97. The highest BCUT2D eigenvalue weighted by molar-refractivity contribution is 6.04. The molecule has 0 fully saturated rings. The molecule has 9 heteroatoms. The van der Waals surface area contributed by atoms with E-state index in [1.165, 1.54) is 26.2 Å². The second-order valence-corrected chi connectivity index (χ2v) is 4.98. The Morgan fingerprint density at radius 2 is 1.84 bits per heavy atom. The number of pyridine rings is 1. The van der Waals surface area contributed by atoms with Gasteiger partial charge in [-0.05, 0) is 30.3 Å². The normalized spacial score (nSPS) is 10.9. The first kappa shape index (κ1) is 18.2. The Morgan fingerprint density at radius 3 is 2.36 bits per heavy atom. The van der Waals surface area contributed by atoms with Crippen molar-refractivity contribution in [1.29, 1.82) is 0 Å². The number of nitrogens with one attached hydrogen (secondary N) is 2. The average Bonchev–Trinajstić information content (AvgIpc) is 2.54. The third kappa shape index (κ3) is 4.69. The van der Waals surface area contributed by atoms with Crippen molar-refractivity contribution < 1.29 is 27.5 Å². The molecule has 2 amide bonds. The molecule has 0 saturated carbocycles. The van der Waals surface area contributed by atoms with Gasteiger partial charge in [0.15, 0.2) is 0 Å². The number of hydrogen-bond donors (Lipinski definition) is 2. The summed E-state index contributed by atoms with van der Waals surface area (Å²) in [5, 5.41) is 5.04. The van der Waals surface area contributed by atoms with Crippen LogP contribution in [0.25, 0.3) is 0 Å². The molecule has 1 aromatic carbocycles. The van der Waals surface area contributed by atoms with Gasteiger partial charge in [0.1, 0.15) is 11.4 Å². The van der Waals surface area contributed by atoms with Gasteiger partial charge in [0, 0.05) is 18.8 Å². The van der Waals surface area contributed by atoms with Gasteiger partial charge in [-0.1, -0.05) is 0 Å². The van der Waals surface area contributed by atoms with Crippen molar-refractivity contribution in [2.24, 2.45) is 0 Å². The fourth-order valence-corrected chi connectivity index (χ4v) is 1.97. The van der Waals surface area contributed by atoms with Gasteiger partial charge in [-0.3, -0.25) is 14.6 Å². The number of halogens is 3. The number of amides is 2. The minimum absolute atomic E-state index is 0.194. The largest absolute Gasteiger partial charge is 0.495 e. The number of rotatable bonds is 4. The third-order valence-electron chi connectivity index (χ3n) is 3.09. The zero-order chi connectivity index (χ0) is 18.6. The van der Waals surface area contributed by atoms with Crippen LogP contribution in [0.1, 0.15) is 23.0 Å². The molecule has 0 saturated heterocycles. The molecule has 1 aromatic heterocycles. The van der Waals surface area contributed by atoms with Gasteiger partial charge in [0.2, 0.25) is 5.91 Å². The van der Waals surface area contributed by atoms with E-state index in [4.69, 9.17) is 4.74 Å². The molecule has 0 aliphatic rings. The molecule has 0 atom stereocenters. The summed E-state index contributed by atoms with van der Waals surface area (Å²) in [7, 11) is 1.39. The van der Waals surface area contributed by atoms with Crippen molar-refractivity contribution >= 4 is 23.2 Å². The van der Waals surface area contributed by atoms with Crippen molar-refractivity contribution in [2.75, 3.05) is 17.7 Å².